The van der Waals surface area contributed by atoms with E-state index in [1.165, 1.54) is 4.31 Å². The molecule has 4 aromatic carbocycles. The number of halogens is 1. The fraction of sp³-hybridized carbons (Fsp3) is 0.138. The largest absolute Gasteiger partial charge is 0.322 e. The van der Waals surface area contributed by atoms with Gasteiger partial charge >= 0.3 is 0 Å². The van der Waals surface area contributed by atoms with Crippen molar-refractivity contribution in [2.45, 2.75) is 31.7 Å². The summed E-state index contributed by atoms with van der Waals surface area (Å²) in [7, 11) is -4.00. The Balaban J connectivity index is 1.76. The summed E-state index contributed by atoms with van der Waals surface area (Å²) in [5, 5.41) is 3.45. The molecule has 1 N–H and O–H groups in total. The number of para-hydroxylation sites is 1. The van der Waals surface area contributed by atoms with Crippen molar-refractivity contribution < 1.29 is 13.2 Å². The quantitative estimate of drug-likeness (QED) is 0.277. The molecule has 4 aromatic rings. The number of amides is 1. The van der Waals surface area contributed by atoms with Crippen molar-refractivity contribution in [3.8, 4) is 0 Å². The number of hydrogen-bond donors (Lipinski definition) is 1. The van der Waals surface area contributed by atoms with E-state index in [0.29, 0.717) is 10.7 Å². The minimum absolute atomic E-state index is 0.0306. The molecule has 0 aliphatic rings. The van der Waals surface area contributed by atoms with Gasteiger partial charge in [-0.15, -0.1) is 0 Å². The molecule has 36 heavy (non-hydrogen) atoms. The molecule has 4 rings (SSSR count). The first-order chi connectivity index (χ1) is 17.3. The van der Waals surface area contributed by atoms with Gasteiger partial charge in [-0.1, -0.05) is 72.6 Å². The predicted molar refractivity (Wildman–Crippen MR) is 146 cm³/mol. The summed E-state index contributed by atoms with van der Waals surface area (Å²) in [5.74, 6) is -0.393. The molecule has 0 heterocycles. The molecule has 1 amide bonds. The lowest BCUT2D eigenvalue weighted by Gasteiger charge is -2.27. The Hall–Kier alpha value is -3.61. The van der Waals surface area contributed by atoms with Gasteiger partial charge in [0.25, 0.3) is 15.9 Å². The van der Waals surface area contributed by atoms with Crippen LogP contribution >= 0.6 is 11.6 Å². The van der Waals surface area contributed by atoms with Crippen LogP contribution in [0.4, 0.5) is 11.4 Å². The first kappa shape index (κ1) is 25.5. The molecule has 184 valence electrons. The Labute approximate surface area is 217 Å². The van der Waals surface area contributed by atoms with E-state index < -0.39 is 15.9 Å². The smallest absolute Gasteiger partial charge is 0.264 e. The van der Waals surface area contributed by atoms with E-state index in [4.69, 9.17) is 11.6 Å². The third-order valence-electron chi connectivity index (χ3n) is 5.89. The summed E-state index contributed by atoms with van der Waals surface area (Å²) in [4.78, 5) is 13.5. The van der Waals surface area contributed by atoms with E-state index in [-0.39, 0.29) is 22.7 Å². The maximum absolute atomic E-state index is 13.9. The number of nitrogens with one attached hydrogen (secondary N) is 1. The lowest BCUT2D eigenvalue weighted by atomic mass is 10.1. The zero-order valence-corrected chi connectivity index (χ0v) is 21.7. The number of rotatable bonds is 8. The van der Waals surface area contributed by atoms with Crippen molar-refractivity contribution in [1.29, 1.82) is 0 Å². The fourth-order valence-electron chi connectivity index (χ4n) is 3.80. The van der Waals surface area contributed by atoms with Gasteiger partial charge in [0.05, 0.1) is 22.7 Å². The Bertz CT molecular complexity index is 1450. The minimum Gasteiger partial charge on any atom is -0.322 e. The van der Waals surface area contributed by atoms with Crippen LogP contribution in [-0.4, -0.2) is 14.3 Å². The molecule has 0 fully saturated rings. The molecular weight excluding hydrogens is 492 g/mol. The summed E-state index contributed by atoms with van der Waals surface area (Å²) in [6.07, 6.45) is 0.896. The number of anilines is 2. The van der Waals surface area contributed by atoms with Crippen LogP contribution in [0.15, 0.2) is 102 Å². The van der Waals surface area contributed by atoms with Crippen LogP contribution in [0, 0.1) is 6.92 Å². The third kappa shape index (κ3) is 5.78. The van der Waals surface area contributed by atoms with Crippen molar-refractivity contribution >= 4 is 38.9 Å². The first-order valence-electron chi connectivity index (χ1n) is 11.6. The maximum atomic E-state index is 13.9. The number of hydrogen-bond acceptors (Lipinski definition) is 3. The second kappa shape index (κ2) is 11.0. The monoisotopic (exact) mass is 518 g/mol. The Morgan fingerprint density at radius 2 is 1.44 bits per heavy atom. The molecule has 0 unspecified atom stereocenters. The molecule has 0 saturated heterocycles. The van der Waals surface area contributed by atoms with Crippen LogP contribution in [0.25, 0.3) is 0 Å². The molecule has 0 aliphatic carbocycles. The molecule has 0 aliphatic heterocycles. The summed E-state index contributed by atoms with van der Waals surface area (Å²) in [5.41, 5.74) is 4.02. The molecule has 0 saturated carbocycles. The zero-order chi connectivity index (χ0) is 25.7. The Morgan fingerprint density at radius 3 is 2.08 bits per heavy atom. The lowest BCUT2D eigenvalue weighted by molar-refractivity contribution is 0.102. The van der Waals surface area contributed by atoms with Crippen molar-refractivity contribution in [3.63, 3.8) is 0 Å². The number of benzene rings is 4. The van der Waals surface area contributed by atoms with Crippen LogP contribution < -0.4 is 9.62 Å². The van der Waals surface area contributed by atoms with Gasteiger partial charge < -0.3 is 5.32 Å². The molecule has 0 bridgehead atoms. The van der Waals surface area contributed by atoms with Gasteiger partial charge in [-0.2, -0.15) is 0 Å². The number of sulfonamides is 1. The van der Waals surface area contributed by atoms with Crippen molar-refractivity contribution in [1.82, 2.24) is 0 Å². The standard InChI is InChI=1S/C29H27ClN2O3S/c1-3-22-12-16-25(17-13-22)31-29(33)27-6-4-5-7-28(27)32(20-23-10-14-24(30)15-11-23)36(34,35)26-18-8-21(2)9-19-26/h4-19H,3,20H2,1-2H3,(H,31,33). The van der Waals surface area contributed by atoms with Crippen molar-refractivity contribution in [2.75, 3.05) is 9.62 Å². The van der Waals surface area contributed by atoms with E-state index in [1.54, 1.807) is 72.8 Å². The number of aryl methyl sites for hydroxylation is 2. The molecular formula is C29H27ClN2O3S. The highest BCUT2D eigenvalue weighted by molar-refractivity contribution is 7.92. The highest BCUT2D eigenvalue weighted by Gasteiger charge is 2.28. The van der Waals surface area contributed by atoms with Crippen LogP contribution in [0.1, 0.15) is 34.0 Å². The van der Waals surface area contributed by atoms with Gasteiger partial charge in [0.15, 0.2) is 0 Å². The maximum Gasteiger partial charge on any atom is 0.264 e. The molecule has 0 spiro atoms. The van der Waals surface area contributed by atoms with Crippen molar-refractivity contribution in [3.05, 3.63) is 124 Å². The van der Waals surface area contributed by atoms with Gasteiger partial charge in [-0.05, 0) is 73.0 Å². The van der Waals surface area contributed by atoms with E-state index in [0.717, 1.165) is 23.1 Å². The average molecular weight is 519 g/mol. The van der Waals surface area contributed by atoms with Gasteiger partial charge in [0, 0.05) is 10.7 Å². The average Bonchev–Trinajstić information content (AvgIpc) is 2.89. The van der Waals surface area contributed by atoms with Crippen molar-refractivity contribution in [2.24, 2.45) is 0 Å². The molecule has 5 nitrogen and oxygen atoms in total. The van der Waals surface area contributed by atoms with Crippen LogP contribution in [-0.2, 0) is 23.0 Å². The highest BCUT2D eigenvalue weighted by atomic mass is 35.5. The second-order valence-corrected chi connectivity index (χ2v) is 10.8. The normalized spacial score (nSPS) is 11.2. The number of carbonyl (C=O) groups is 1. The lowest BCUT2D eigenvalue weighted by Crippen LogP contribution is -2.32. The van der Waals surface area contributed by atoms with Gasteiger partial charge in [0.1, 0.15) is 0 Å². The van der Waals surface area contributed by atoms with Gasteiger partial charge in [-0.25, -0.2) is 8.42 Å². The molecule has 0 aromatic heterocycles. The highest BCUT2D eigenvalue weighted by Crippen LogP contribution is 2.30. The summed E-state index contributed by atoms with van der Waals surface area (Å²) < 4.78 is 29.0. The van der Waals surface area contributed by atoms with Crippen LogP contribution in [0.2, 0.25) is 5.02 Å². The third-order valence-corrected chi connectivity index (χ3v) is 7.91. The first-order valence-corrected chi connectivity index (χ1v) is 13.4. The fourth-order valence-corrected chi connectivity index (χ4v) is 5.40. The number of carbonyl (C=O) groups excluding carboxylic acids is 1. The summed E-state index contributed by atoms with van der Waals surface area (Å²) in [6, 6.07) is 28.0. The van der Waals surface area contributed by atoms with Crippen LogP contribution in [0.5, 0.6) is 0 Å². The van der Waals surface area contributed by atoms with Gasteiger partial charge in [0.2, 0.25) is 0 Å². The molecule has 0 atom stereocenters. The minimum atomic E-state index is -4.00. The van der Waals surface area contributed by atoms with E-state index in [9.17, 15) is 13.2 Å². The van der Waals surface area contributed by atoms with Crippen LogP contribution in [0.3, 0.4) is 0 Å². The molecule has 0 radical (unpaired) electrons. The van der Waals surface area contributed by atoms with E-state index >= 15 is 0 Å². The topological polar surface area (TPSA) is 66.5 Å². The van der Waals surface area contributed by atoms with E-state index in [1.807, 2.05) is 31.2 Å². The second-order valence-electron chi connectivity index (χ2n) is 8.47. The van der Waals surface area contributed by atoms with E-state index in [2.05, 4.69) is 12.2 Å². The predicted octanol–water partition coefficient (Wildman–Crippen LogP) is 6.86. The Kier molecular flexibility index (Phi) is 7.77. The SMILES string of the molecule is CCc1ccc(NC(=O)c2ccccc2N(Cc2ccc(Cl)cc2)S(=O)(=O)c2ccc(C)cc2)cc1. The summed E-state index contributed by atoms with van der Waals surface area (Å²) in [6.45, 7) is 3.99. The Morgan fingerprint density at radius 1 is 0.833 bits per heavy atom. The molecule has 7 heteroatoms. The number of nitrogens with zero attached hydrogens (tertiary/aromatic N) is 1. The summed E-state index contributed by atoms with van der Waals surface area (Å²) >= 11 is 6.04. The zero-order valence-electron chi connectivity index (χ0n) is 20.1. The van der Waals surface area contributed by atoms with Gasteiger partial charge in [-0.3, -0.25) is 9.10 Å².